The van der Waals surface area contributed by atoms with Gasteiger partial charge in [0.25, 0.3) is 5.91 Å². The first-order chi connectivity index (χ1) is 11.0. The van der Waals surface area contributed by atoms with Crippen LogP contribution in [0.1, 0.15) is 10.4 Å². The molecule has 2 rings (SSSR count). The third-order valence-corrected chi connectivity index (χ3v) is 3.27. The number of rotatable bonds is 5. The minimum absolute atomic E-state index is 0.157. The smallest absolute Gasteiger partial charge is 0.255 e. The quantitative estimate of drug-likeness (QED) is 0.907. The van der Waals surface area contributed by atoms with Crippen molar-refractivity contribution in [2.24, 2.45) is 7.05 Å². The van der Waals surface area contributed by atoms with Gasteiger partial charge in [0.15, 0.2) is 11.5 Å². The van der Waals surface area contributed by atoms with Gasteiger partial charge in [-0.15, -0.1) is 0 Å². The third kappa shape index (κ3) is 3.45. The molecule has 0 bridgehead atoms. The van der Waals surface area contributed by atoms with Crippen molar-refractivity contribution in [3.05, 3.63) is 46.4 Å². The lowest BCUT2D eigenvalue weighted by molar-refractivity contribution is 0.102. The maximum Gasteiger partial charge on any atom is 0.255 e. The number of anilines is 1. The highest BCUT2D eigenvalue weighted by Gasteiger charge is 2.17. The molecule has 1 aromatic carbocycles. The number of benzene rings is 1. The van der Waals surface area contributed by atoms with Gasteiger partial charge in [0.05, 0.1) is 27.0 Å². The van der Waals surface area contributed by atoms with E-state index in [-0.39, 0.29) is 11.5 Å². The van der Waals surface area contributed by atoms with Crippen molar-refractivity contribution in [2.45, 2.75) is 0 Å². The molecule has 122 valence electrons. The Morgan fingerprint density at radius 3 is 2.13 bits per heavy atom. The van der Waals surface area contributed by atoms with Crippen LogP contribution in [0.5, 0.6) is 17.2 Å². The van der Waals surface area contributed by atoms with E-state index in [1.165, 1.54) is 44.2 Å². The number of carbonyl (C=O) groups excluding carboxylic acids is 1. The Kier molecular flexibility index (Phi) is 4.90. The van der Waals surface area contributed by atoms with Gasteiger partial charge in [-0.25, -0.2) is 0 Å². The number of pyridine rings is 1. The zero-order valence-electron chi connectivity index (χ0n) is 13.4. The molecule has 0 radical (unpaired) electrons. The summed E-state index contributed by atoms with van der Waals surface area (Å²) in [5.74, 6) is 0.825. The second kappa shape index (κ2) is 6.87. The molecule has 23 heavy (non-hydrogen) atoms. The van der Waals surface area contributed by atoms with Crippen LogP contribution in [-0.4, -0.2) is 31.8 Å². The predicted octanol–water partition coefficient (Wildman–Crippen LogP) is 1.66. The van der Waals surface area contributed by atoms with Crippen molar-refractivity contribution in [3.63, 3.8) is 0 Å². The average molecular weight is 318 g/mol. The number of ether oxygens (including phenoxy) is 3. The predicted molar refractivity (Wildman–Crippen MR) is 85.7 cm³/mol. The molecular formula is C16H18N2O5. The van der Waals surface area contributed by atoms with Crippen LogP contribution in [0.15, 0.2) is 35.3 Å². The van der Waals surface area contributed by atoms with Gasteiger partial charge in [0.1, 0.15) is 0 Å². The van der Waals surface area contributed by atoms with E-state index < -0.39 is 0 Å². The number of nitrogens with one attached hydrogen (secondary N) is 1. The van der Waals surface area contributed by atoms with Gasteiger partial charge in [-0.3, -0.25) is 9.59 Å². The third-order valence-electron chi connectivity index (χ3n) is 3.27. The first-order valence-electron chi connectivity index (χ1n) is 6.78. The van der Waals surface area contributed by atoms with Gasteiger partial charge in [0.2, 0.25) is 11.3 Å². The molecule has 0 aliphatic heterocycles. The number of amides is 1. The van der Waals surface area contributed by atoms with Crippen LogP contribution in [0.25, 0.3) is 0 Å². The Labute approximate surface area is 133 Å². The maximum atomic E-state index is 12.4. The van der Waals surface area contributed by atoms with Crippen LogP contribution in [0, 0.1) is 0 Å². The minimum Gasteiger partial charge on any atom is -0.493 e. The zero-order valence-corrected chi connectivity index (χ0v) is 13.4. The summed E-state index contributed by atoms with van der Waals surface area (Å²) in [6.45, 7) is 0. The molecule has 1 aromatic heterocycles. The van der Waals surface area contributed by atoms with E-state index in [1.807, 2.05) is 0 Å². The van der Waals surface area contributed by atoms with Gasteiger partial charge < -0.3 is 24.1 Å². The average Bonchev–Trinajstić information content (AvgIpc) is 2.56. The first-order valence-corrected chi connectivity index (χ1v) is 6.78. The maximum absolute atomic E-state index is 12.4. The van der Waals surface area contributed by atoms with E-state index >= 15 is 0 Å². The van der Waals surface area contributed by atoms with E-state index in [0.717, 1.165) is 0 Å². The summed E-state index contributed by atoms with van der Waals surface area (Å²) >= 11 is 0. The number of hydrogen-bond acceptors (Lipinski definition) is 5. The summed E-state index contributed by atoms with van der Waals surface area (Å²) in [5.41, 5.74) is 0.690. The largest absolute Gasteiger partial charge is 0.493 e. The number of nitrogens with zero attached hydrogens (tertiary/aromatic N) is 1. The van der Waals surface area contributed by atoms with Gasteiger partial charge in [-0.05, 0) is 18.2 Å². The molecule has 0 fully saturated rings. The Hall–Kier alpha value is -2.96. The molecular weight excluding hydrogens is 300 g/mol. The molecule has 7 heteroatoms. The van der Waals surface area contributed by atoms with Crippen molar-refractivity contribution in [3.8, 4) is 17.2 Å². The van der Waals surface area contributed by atoms with Crippen LogP contribution in [0.2, 0.25) is 0 Å². The van der Waals surface area contributed by atoms with Gasteiger partial charge in [-0.1, -0.05) is 0 Å². The van der Waals surface area contributed by atoms with Crippen molar-refractivity contribution >= 4 is 11.6 Å². The van der Waals surface area contributed by atoms with Crippen molar-refractivity contribution < 1.29 is 19.0 Å². The summed E-state index contributed by atoms with van der Waals surface area (Å²) in [7, 11) is 6.06. The topological polar surface area (TPSA) is 78.8 Å². The molecule has 2 aromatic rings. The standard InChI is InChI=1S/C16H18N2O5/c1-18-9-11(5-6-14(18)19)17-16(20)10-7-12(21-2)15(23-4)13(8-10)22-3/h5-9H,1-4H3,(H,17,20). The molecule has 0 aliphatic carbocycles. The SMILES string of the molecule is COc1cc(C(=O)Nc2ccc(=O)n(C)c2)cc(OC)c1OC. The number of carbonyl (C=O) groups is 1. The monoisotopic (exact) mass is 318 g/mol. The van der Waals surface area contributed by atoms with E-state index in [1.54, 1.807) is 19.2 Å². The van der Waals surface area contributed by atoms with Crippen LogP contribution in [0.3, 0.4) is 0 Å². The Balaban J connectivity index is 2.35. The first kappa shape index (κ1) is 16.4. The fourth-order valence-electron chi connectivity index (χ4n) is 2.08. The highest BCUT2D eigenvalue weighted by atomic mass is 16.5. The van der Waals surface area contributed by atoms with Gasteiger partial charge >= 0.3 is 0 Å². The fraction of sp³-hybridized carbons (Fsp3) is 0.250. The number of aryl methyl sites for hydroxylation is 1. The lowest BCUT2D eigenvalue weighted by atomic mass is 10.1. The van der Waals surface area contributed by atoms with Gasteiger partial charge in [0, 0.05) is 24.9 Å². The number of hydrogen-bond donors (Lipinski definition) is 1. The van der Waals surface area contributed by atoms with Crippen LogP contribution >= 0.6 is 0 Å². The van der Waals surface area contributed by atoms with E-state index in [4.69, 9.17) is 14.2 Å². The molecule has 1 N–H and O–H groups in total. The second-order valence-electron chi connectivity index (χ2n) is 4.74. The summed E-state index contributed by atoms with van der Waals surface area (Å²) < 4.78 is 17.0. The molecule has 7 nitrogen and oxygen atoms in total. The summed E-state index contributed by atoms with van der Waals surface area (Å²) in [6.07, 6.45) is 1.54. The Morgan fingerprint density at radius 2 is 1.65 bits per heavy atom. The van der Waals surface area contributed by atoms with E-state index in [0.29, 0.717) is 28.5 Å². The minimum atomic E-state index is -0.358. The van der Waals surface area contributed by atoms with Crippen LogP contribution in [-0.2, 0) is 7.05 Å². The highest BCUT2D eigenvalue weighted by molar-refractivity contribution is 6.05. The highest BCUT2D eigenvalue weighted by Crippen LogP contribution is 2.38. The lowest BCUT2D eigenvalue weighted by Crippen LogP contribution is -2.18. The van der Waals surface area contributed by atoms with E-state index in [9.17, 15) is 9.59 Å². The summed E-state index contributed by atoms with van der Waals surface area (Å²) in [6, 6.07) is 6.03. The van der Waals surface area contributed by atoms with Crippen molar-refractivity contribution in [2.75, 3.05) is 26.6 Å². The van der Waals surface area contributed by atoms with E-state index in [2.05, 4.69) is 5.32 Å². The Morgan fingerprint density at radius 1 is 1.04 bits per heavy atom. The summed E-state index contributed by atoms with van der Waals surface area (Å²) in [4.78, 5) is 23.8. The molecule has 0 spiro atoms. The van der Waals surface area contributed by atoms with Crippen LogP contribution in [0.4, 0.5) is 5.69 Å². The van der Waals surface area contributed by atoms with Crippen LogP contribution < -0.4 is 25.1 Å². The summed E-state index contributed by atoms with van der Waals surface area (Å²) in [5, 5.41) is 2.72. The number of aromatic nitrogens is 1. The van der Waals surface area contributed by atoms with Crippen molar-refractivity contribution in [1.82, 2.24) is 4.57 Å². The fourth-order valence-corrected chi connectivity index (χ4v) is 2.08. The molecule has 0 saturated heterocycles. The van der Waals surface area contributed by atoms with Gasteiger partial charge in [-0.2, -0.15) is 0 Å². The normalized spacial score (nSPS) is 10.1. The number of methoxy groups -OCH3 is 3. The van der Waals surface area contributed by atoms with Crippen molar-refractivity contribution in [1.29, 1.82) is 0 Å². The zero-order chi connectivity index (χ0) is 17.0. The Bertz CT molecular complexity index is 757. The molecule has 0 saturated carbocycles. The second-order valence-corrected chi connectivity index (χ2v) is 4.74. The molecule has 0 unspecified atom stereocenters. The lowest BCUT2D eigenvalue weighted by Gasteiger charge is -2.14. The molecule has 1 heterocycles. The molecule has 0 atom stereocenters. The molecule has 1 amide bonds. The molecule has 0 aliphatic rings.